The molecule has 0 aliphatic heterocycles. The van der Waals surface area contributed by atoms with Crippen molar-refractivity contribution < 1.29 is 4.79 Å². The van der Waals surface area contributed by atoms with Gasteiger partial charge in [0.1, 0.15) is 0 Å². The fraction of sp³-hybridized carbons (Fsp3) is 0.625. The fourth-order valence-electron chi connectivity index (χ4n) is 0.356. The molecule has 1 heteroatoms. The van der Waals surface area contributed by atoms with Crippen LogP contribution in [0.4, 0.5) is 0 Å². The van der Waals surface area contributed by atoms with Crippen LogP contribution in [0.25, 0.3) is 0 Å². The number of ketones is 1. The minimum Gasteiger partial charge on any atom is -0.284 e. The lowest BCUT2D eigenvalue weighted by atomic mass is 9.86. The Balaban J connectivity index is 4.19. The molecule has 0 aromatic rings. The Labute approximate surface area is 56.5 Å². The number of terminal acetylenes is 1. The number of Topliss-reactive ketones (excluding diaryl/α,β-unsaturated/α-hetero) is 1. The number of carbonyl (C=O) groups excluding carboxylic acids is 1. The molecule has 0 saturated heterocycles. The molecule has 0 amide bonds. The minimum absolute atomic E-state index is 0.106. The van der Waals surface area contributed by atoms with Crippen LogP contribution in [-0.2, 0) is 4.79 Å². The molecule has 0 aliphatic carbocycles. The lowest BCUT2D eigenvalue weighted by Gasteiger charge is -2.15. The highest BCUT2D eigenvalue weighted by atomic mass is 16.1. The van der Waals surface area contributed by atoms with Crippen LogP contribution in [-0.4, -0.2) is 5.78 Å². The Bertz CT molecular complexity index is 148. The van der Waals surface area contributed by atoms with Gasteiger partial charge in [0.2, 0.25) is 5.78 Å². The zero-order chi connectivity index (χ0) is 7.49. The Hall–Kier alpha value is -0.770. The van der Waals surface area contributed by atoms with Gasteiger partial charge in [-0.25, -0.2) is 0 Å². The molecule has 0 heterocycles. The van der Waals surface area contributed by atoms with Crippen LogP contribution >= 0.6 is 0 Å². The van der Waals surface area contributed by atoms with Crippen molar-refractivity contribution in [1.82, 2.24) is 0 Å². The summed E-state index contributed by atoms with van der Waals surface area (Å²) in [5, 5.41) is 0. The van der Waals surface area contributed by atoms with Gasteiger partial charge in [-0.05, 0) is 12.3 Å². The zero-order valence-corrected chi connectivity index (χ0v) is 6.19. The quantitative estimate of drug-likeness (QED) is 0.404. The first-order chi connectivity index (χ1) is 4.04. The Kier molecular flexibility index (Phi) is 2.45. The van der Waals surface area contributed by atoms with Gasteiger partial charge < -0.3 is 0 Å². The molecule has 1 nitrogen and oxygen atoms in total. The van der Waals surface area contributed by atoms with E-state index in [2.05, 4.69) is 5.92 Å². The van der Waals surface area contributed by atoms with Gasteiger partial charge in [0.05, 0.1) is 0 Å². The van der Waals surface area contributed by atoms with E-state index in [9.17, 15) is 4.79 Å². The van der Waals surface area contributed by atoms with Gasteiger partial charge in [-0.1, -0.05) is 20.8 Å². The third-order valence-electron chi connectivity index (χ3n) is 1.63. The van der Waals surface area contributed by atoms with Crippen molar-refractivity contribution in [3.05, 3.63) is 0 Å². The van der Waals surface area contributed by atoms with E-state index in [1.807, 2.05) is 20.8 Å². The smallest absolute Gasteiger partial charge is 0.210 e. The average Bonchev–Trinajstić information content (AvgIpc) is 1.86. The Morgan fingerprint density at radius 2 is 2.11 bits per heavy atom. The molecule has 0 N–H and O–H groups in total. The first kappa shape index (κ1) is 8.23. The fourth-order valence-corrected chi connectivity index (χ4v) is 0.356. The molecule has 0 aromatic carbocycles. The second-order valence-electron chi connectivity index (χ2n) is 2.71. The predicted octanol–water partition coefficient (Wildman–Crippen LogP) is 1.62. The van der Waals surface area contributed by atoms with E-state index in [-0.39, 0.29) is 11.2 Å². The van der Waals surface area contributed by atoms with Crippen LogP contribution < -0.4 is 0 Å². The summed E-state index contributed by atoms with van der Waals surface area (Å²) >= 11 is 0. The van der Waals surface area contributed by atoms with E-state index in [1.165, 1.54) is 0 Å². The maximum absolute atomic E-state index is 10.8. The van der Waals surface area contributed by atoms with Crippen molar-refractivity contribution >= 4 is 5.78 Å². The van der Waals surface area contributed by atoms with Crippen molar-refractivity contribution in [2.24, 2.45) is 5.41 Å². The van der Waals surface area contributed by atoms with E-state index in [4.69, 9.17) is 6.42 Å². The molecule has 0 rings (SSSR count). The summed E-state index contributed by atoms with van der Waals surface area (Å²) in [4.78, 5) is 10.8. The van der Waals surface area contributed by atoms with Gasteiger partial charge in [-0.3, -0.25) is 4.79 Å². The largest absolute Gasteiger partial charge is 0.284 e. The lowest BCUT2D eigenvalue weighted by Crippen LogP contribution is -2.20. The normalized spacial score (nSPS) is 10.4. The van der Waals surface area contributed by atoms with E-state index in [1.54, 1.807) is 0 Å². The van der Waals surface area contributed by atoms with Crippen LogP contribution in [0.5, 0.6) is 0 Å². The number of carbonyl (C=O) groups is 1. The summed E-state index contributed by atoms with van der Waals surface area (Å²) in [5.74, 6) is 2.01. The number of rotatable bonds is 2. The maximum Gasteiger partial charge on any atom is 0.210 e. The van der Waals surface area contributed by atoms with Gasteiger partial charge in [0, 0.05) is 5.41 Å². The van der Waals surface area contributed by atoms with Gasteiger partial charge in [-0.2, -0.15) is 0 Å². The molecule has 0 unspecified atom stereocenters. The first-order valence-corrected chi connectivity index (χ1v) is 3.05. The molecule has 0 aromatic heterocycles. The van der Waals surface area contributed by atoms with Gasteiger partial charge in [0.15, 0.2) is 0 Å². The summed E-state index contributed by atoms with van der Waals surface area (Å²) in [6.45, 7) is 5.67. The van der Waals surface area contributed by atoms with Gasteiger partial charge >= 0.3 is 0 Å². The zero-order valence-electron chi connectivity index (χ0n) is 6.19. The SMILES string of the molecule is C#CC(=O)C(C)(C)CC. The maximum atomic E-state index is 10.8. The summed E-state index contributed by atoms with van der Waals surface area (Å²) < 4.78 is 0. The second kappa shape index (κ2) is 2.68. The third kappa shape index (κ3) is 1.89. The molecule has 0 saturated carbocycles. The lowest BCUT2D eigenvalue weighted by molar-refractivity contribution is -0.121. The Morgan fingerprint density at radius 3 is 2.22 bits per heavy atom. The summed E-state index contributed by atoms with van der Waals surface area (Å²) in [7, 11) is 0. The van der Waals surface area contributed by atoms with Crippen molar-refractivity contribution in [2.45, 2.75) is 27.2 Å². The van der Waals surface area contributed by atoms with Crippen LogP contribution in [0.15, 0.2) is 0 Å². The molecule has 0 aliphatic rings. The van der Waals surface area contributed by atoms with Gasteiger partial charge in [-0.15, -0.1) is 6.42 Å². The summed E-state index contributed by atoms with van der Waals surface area (Å²) in [6, 6.07) is 0. The molecule has 0 spiro atoms. The van der Waals surface area contributed by atoms with Crippen molar-refractivity contribution in [2.75, 3.05) is 0 Å². The van der Waals surface area contributed by atoms with Gasteiger partial charge in [0.25, 0.3) is 0 Å². The second-order valence-corrected chi connectivity index (χ2v) is 2.71. The molecule has 0 radical (unpaired) electrons. The summed E-state index contributed by atoms with van der Waals surface area (Å²) in [5.41, 5.74) is -0.325. The van der Waals surface area contributed by atoms with Crippen LogP contribution in [0.3, 0.4) is 0 Å². The highest BCUT2D eigenvalue weighted by Gasteiger charge is 2.22. The highest BCUT2D eigenvalue weighted by molar-refractivity contribution is 5.98. The summed E-state index contributed by atoms with van der Waals surface area (Å²) in [6.07, 6.45) is 5.74. The molecule has 0 fully saturated rings. The van der Waals surface area contributed by atoms with E-state index in [0.29, 0.717) is 0 Å². The first-order valence-electron chi connectivity index (χ1n) is 3.05. The van der Waals surface area contributed by atoms with Crippen LogP contribution in [0.2, 0.25) is 0 Å². The average molecular weight is 124 g/mol. The molecular formula is C8H12O. The highest BCUT2D eigenvalue weighted by Crippen LogP contribution is 2.19. The standard InChI is InChI=1S/C8H12O/c1-5-7(9)8(3,4)6-2/h1H,6H2,2-4H3. The molecule has 0 bridgehead atoms. The molecule has 50 valence electrons. The monoisotopic (exact) mass is 124 g/mol. The topological polar surface area (TPSA) is 17.1 Å². The van der Waals surface area contributed by atoms with Crippen LogP contribution in [0.1, 0.15) is 27.2 Å². The minimum atomic E-state index is -0.325. The molecule has 9 heavy (non-hydrogen) atoms. The van der Waals surface area contributed by atoms with Crippen molar-refractivity contribution in [3.8, 4) is 12.3 Å². The predicted molar refractivity (Wildman–Crippen MR) is 37.9 cm³/mol. The van der Waals surface area contributed by atoms with E-state index >= 15 is 0 Å². The number of hydrogen-bond acceptors (Lipinski definition) is 1. The van der Waals surface area contributed by atoms with Crippen LogP contribution in [0, 0.1) is 17.8 Å². The van der Waals surface area contributed by atoms with Crippen molar-refractivity contribution in [1.29, 1.82) is 0 Å². The Morgan fingerprint density at radius 1 is 1.67 bits per heavy atom. The third-order valence-corrected chi connectivity index (χ3v) is 1.63. The van der Waals surface area contributed by atoms with E-state index < -0.39 is 0 Å². The number of hydrogen-bond donors (Lipinski definition) is 0. The molecular weight excluding hydrogens is 112 g/mol. The van der Waals surface area contributed by atoms with E-state index in [0.717, 1.165) is 6.42 Å². The molecule has 0 atom stereocenters. The van der Waals surface area contributed by atoms with Crippen molar-refractivity contribution in [3.63, 3.8) is 0 Å².